The number of rotatable bonds is 11. The van der Waals surface area contributed by atoms with Crippen LogP contribution in [0.3, 0.4) is 0 Å². The van der Waals surface area contributed by atoms with Crippen LogP contribution in [0.2, 0.25) is 0 Å². The number of nitrogens with one attached hydrogen (secondary N) is 3. The van der Waals surface area contributed by atoms with Crippen LogP contribution in [0.1, 0.15) is 27.2 Å². The first-order chi connectivity index (χ1) is 12.4. The topological polar surface area (TPSA) is 194 Å². The van der Waals surface area contributed by atoms with Crippen LogP contribution in [0.15, 0.2) is 0 Å². The van der Waals surface area contributed by atoms with Crippen LogP contribution in [0, 0.1) is 5.92 Å². The maximum atomic E-state index is 12.5. The van der Waals surface area contributed by atoms with Crippen molar-refractivity contribution in [3.63, 3.8) is 0 Å². The summed E-state index contributed by atoms with van der Waals surface area (Å²) in [4.78, 5) is 58.8. The van der Waals surface area contributed by atoms with E-state index >= 15 is 0 Å². The highest BCUT2D eigenvalue weighted by Gasteiger charge is 2.31. The van der Waals surface area contributed by atoms with E-state index in [4.69, 9.17) is 16.6 Å². The second kappa shape index (κ2) is 11.4. The van der Waals surface area contributed by atoms with E-state index in [0.717, 1.165) is 0 Å². The number of carboxylic acid groups (broad SMARTS) is 1. The summed E-state index contributed by atoms with van der Waals surface area (Å²) in [6.45, 7) is 4.65. The predicted octanol–water partition coefficient (Wildman–Crippen LogP) is -2.67. The van der Waals surface area contributed by atoms with Crippen molar-refractivity contribution in [2.24, 2.45) is 17.4 Å². The summed E-state index contributed by atoms with van der Waals surface area (Å²) >= 11 is 3.85. The molecule has 8 N–H and O–H groups in total. The van der Waals surface area contributed by atoms with E-state index in [9.17, 15) is 24.0 Å². The zero-order valence-electron chi connectivity index (χ0n) is 15.4. The molecular formula is C15H27N5O6S. The fourth-order valence-electron chi connectivity index (χ4n) is 1.95. The average molecular weight is 405 g/mol. The molecule has 0 bridgehead atoms. The van der Waals surface area contributed by atoms with Gasteiger partial charge in [-0.25, -0.2) is 4.79 Å². The van der Waals surface area contributed by atoms with Gasteiger partial charge in [-0.05, 0) is 12.8 Å². The van der Waals surface area contributed by atoms with Crippen molar-refractivity contribution in [1.82, 2.24) is 16.0 Å². The van der Waals surface area contributed by atoms with E-state index in [0.29, 0.717) is 0 Å². The highest BCUT2D eigenvalue weighted by Crippen LogP contribution is 2.05. The van der Waals surface area contributed by atoms with Gasteiger partial charge in [-0.3, -0.25) is 19.2 Å². The van der Waals surface area contributed by atoms with Crippen molar-refractivity contribution in [1.29, 1.82) is 0 Å². The third-order valence-electron chi connectivity index (χ3n) is 3.50. The van der Waals surface area contributed by atoms with Gasteiger partial charge in [-0.2, -0.15) is 12.6 Å². The van der Waals surface area contributed by atoms with Gasteiger partial charge in [-0.15, -0.1) is 0 Å². The molecule has 0 radical (unpaired) electrons. The van der Waals surface area contributed by atoms with E-state index in [-0.39, 0.29) is 5.75 Å². The molecule has 0 rings (SSSR count). The summed E-state index contributed by atoms with van der Waals surface area (Å²) in [6, 6.07) is -4.60. The van der Waals surface area contributed by atoms with E-state index in [1.807, 2.05) is 0 Å². The van der Waals surface area contributed by atoms with Crippen LogP contribution in [0.4, 0.5) is 0 Å². The molecule has 0 spiro atoms. The van der Waals surface area contributed by atoms with Crippen molar-refractivity contribution in [2.75, 3.05) is 5.75 Å². The first-order valence-electron chi connectivity index (χ1n) is 8.19. The molecular weight excluding hydrogens is 378 g/mol. The number of amides is 4. The van der Waals surface area contributed by atoms with Crippen molar-refractivity contribution >= 4 is 42.2 Å². The van der Waals surface area contributed by atoms with Crippen molar-refractivity contribution < 1.29 is 29.1 Å². The van der Waals surface area contributed by atoms with Gasteiger partial charge in [0.25, 0.3) is 0 Å². The Morgan fingerprint density at radius 1 is 0.926 bits per heavy atom. The quantitative estimate of drug-likeness (QED) is 0.182. The molecule has 0 aliphatic carbocycles. The summed E-state index contributed by atoms with van der Waals surface area (Å²) in [5.41, 5.74) is 10.5. The number of primary amides is 1. The highest BCUT2D eigenvalue weighted by atomic mass is 32.1. The summed E-state index contributed by atoms with van der Waals surface area (Å²) in [7, 11) is 0. The zero-order valence-corrected chi connectivity index (χ0v) is 16.3. The Bertz CT molecular complexity index is 583. The van der Waals surface area contributed by atoms with Gasteiger partial charge in [-0.1, -0.05) is 13.8 Å². The van der Waals surface area contributed by atoms with Crippen LogP contribution in [0.25, 0.3) is 0 Å². The van der Waals surface area contributed by atoms with Gasteiger partial charge in [0, 0.05) is 5.75 Å². The van der Waals surface area contributed by atoms with Gasteiger partial charge in [0.05, 0.1) is 12.5 Å². The molecule has 4 amide bonds. The Balaban J connectivity index is 5.29. The minimum Gasteiger partial charge on any atom is -0.480 e. The molecule has 0 aromatic carbocycles. The molecule has 11 nitrogen and oxygen atoms in total. The average Bonchev–Trinajstić information content (AvgIpc) is 2.55. The summed E-state index contributed by atoms with van der Waals surface area (Å²) in [5, 5.41) is 16.0. The third-order valence-corrected chi connectivity index (χ3v) is 3.86. The molecule has 4 unspecified atom stereocenters. The lowest BCUT2D eigenvalue weighted by Gasteiger charge is -2.26. The largest absolute Gasteiger partial charge is 0.480 e. The molecule has 0 heterocycles. The summed E-state index contributed by atoms with van der Waals surface area (Å²) < 4.78 is 0. The lowest BCUT2D eigenvalue weighted by Crippen LogP contribution is -2.59. The molecule has 12 heteroatoms. The zero-order chi connectivity index (χ0) is 21.3. The van der Waals surface area contributed by atoms with Crippen LogP contribution < -0.4 is 27.4 Å². The van der Waals surface area contributed by atoms with Crippen LogP contribution >= 0.6 is 12.6 Å². The number of nitrogens with two attached hydrogens (primary N) is 2. The van der Waals surface area contributed by atoms with Gasteiger partial charge in [0.15, 0.2) is 0 Å². The van der Waals surface area contributed by atoms with Crippen LogP contribution in [-0.4, -0.2) is 64.6 Å². The number of carbonyl (C=O) groups is 5. The first-order valence-corrected chi connectivity index (χ1v) is 8.82. The molecule has 0 aliphatic rings. The summed E-state index contributed by atoms with van der Waals surface area (Å²) in [6.07, 6.45) is -0.495. The summed E-state index contributed by atoms with van der Waals surface area (Å²) in [5.74, 6) is -4.92. The molecule has 0 aromatic rings. The lowest BCUT2D eigenvalue weighted by molar-refractivity contribution is -0.142. The van der Waals surface area contributed by atoms with Gasteiger partial charge < -0.3 is 32.5 Å². The Labute approximate surface area is 162 Å². The van der Waals surface area contributed by atoms with Crippen LogP contribution in [-0.2, 0) is 24.0 Å². The Hall–Kier alpha value is -2.34. The van der Waals surface area contributed by atoms with E-state index in [1.54, 1.807) is 13.8 Å². The number of hydrogen-bond donors (Lipinski definition) is 7. The maximum Gasteiger partial charge on any atom is 0.327 e. The normalized spacial score (nSPS) is 15.2. The third kappa shape index (κ3) is 8.73. The molecule has 0 aliphatic heterocycles. The number of thiol groups is 1. The standard InChI is InChI=1S/C15H27N5O6S/c1-6(2)11(14(24)19-9(5-27)15(25)26)20-13(23)8(4-10(17)21)18-12(22)7(3)16/h6-9,11,27H,4-5,16H2,1-3H3,(H2,17,21)(H,18,22)(H,19,24)(H,20,23)(H,25,26). The minimum absolute atomic E-state index is 0.144. The van der Waals surface area contributed by atoms with Crippen molar-refractivity contribution in [3.8, 4) is 0 Å². The predicted molar refractivity (Wildman–Crippen MR) is 99.6 cm³/mol. The van der Waals surface area contributed by atoms with E-state index in [1.165, 1.54) is 6.92 Å². The Kier molecular flexibility index (Phi) is 10.4. The lowest BCUT2D eigenvalue weighted by atomic mass is 10.0. The maximum absolute atomic E-state index is 12.5. The van der Waals surface area contributed by atoms with E-state index < -0.39 is 66.1 Å². The molecule has 4 atom stereocenters. The number of hydrogen-bond acceptors (Lipinski definition) is 7. The van der Waals surface area contributed by atoms with E-state index in [2.05, 4.69) is 28.6 Å². The molecule has 0 aromatic heterocycles. The van der Waals surface area contributed by atoms with Crippen molar-refractivity contribution in [2.45, 2.75) is 51.4 Å². The monoisotopic (exact) mass is 405 g/mol. The van der Waals surface area contributed by atoms with Gasteiger partial charge in [0.2, 0.25) is 23.6 Å². The van der Waals surface area contributed by atoms with Crippen LogP contribution in [0.5, 0.6) is 0 Å². The number of carboxylic acids is 1. The molecule has 154 valence electrons. The van der Waals surface area contributed by atoms with Gasteiger partial charge in [0.1, 0.15) is 18.1 Å². The fraction of sp³-hybridized carbons (Fsp3) is 0.667. The Morgan fingerprint density at radius 3 is 1.81 bits per heavy atom. The smallest absolute Gasteiger partial charge is 0.327 e. The fourth-order valence-corrected chi connectivity index (χ4v) is 2.20. The molecule has 0 saturated carbocycles. The molecule has 27 heavy (non-hydrogen) atoms. The first kappa shape index (κ1) is 24.7. The highest BCUT2D eigenvalue weighted by molar-refractivity contribution is 7.80. The SMILES string of the molecule is CC(N)C(=O)NC(CC(N)=O)C(=O)NC(C(=O)NC(CS)C(=O)O)C(C)C. The number of carbonyl (C=O) groups excluding carboxylic acids is 4. The van der Waals surface area contributed by atoms with Gasteiger partial charge >= 0.3 is 5.97 Å². The minimum atomic E-state index is -1.32. The second-order valence-electron chi connectivity index (χ2n) is 6.33. The molecule has 0 fully saturated rings. The van der Waals surface area contributed by atoms with Crippen molar-refractivity contribution in [3.05, 3.63) is 0 Å². The second-order valence-corrected chi connectivity index (χ2v) is 6.70. The Morgan fingerprint density at radius 2 is 1.44 bits per heavy atom. The molecule has 0 saturated heterocycles. The number of aliphatic carboxylic acids is 1.